The predicted molar refractivity (Wildman–Crippen MR) is 78.4 cm³/mol. The molecule has 0 aliphatic carbocycles. The Balaban J connectivity index is 4.35. The molecule has 0 heterocycles. The number of hydrogen-bond acceptors (Lipinski definition) is 3. The van der Waals surface area contributed by atoms with Gasteiger partial charge in [0, 0.05) is 20.3 Å². The van der Waals surface area contributed by atoms with E-state index < -0.39 is 5.92 Å². The van der Waals surface area contributed by atoms with Crippen LogP contribution in [0.3, 0.4) is 0 Å². The lowest BCUT2D eigenvalue weighted by atomic mass is 9.88. The van der Waals surface area contributed by atoms with Gasteiger partial charge >= 0.3 is 0 Å². The maximum absolute atomic E-state index is 12.0. The van der Waals surface area contributed by atoms with Crippen molar-refractivity contribution in [3.8, 4) is 0 Å². The van der Waals surface area contributed by atoms with Crippen molar-refractivity contribution < 1.29 is 9.53 Å². The molecule has 0 radical (unpaired) electrons. The highest BCUT2D eigenvalue weighted by Gasteiger charge is 2.26. The first kappa shape index (κ1) is 17.3. The van der Waals surface area contributed by atoms with Crippen LogP contribution in [0.2, 0.25) is 0 Å². The van der Waals surface area contributed by atoms with Gasteiger partial charge < -0.3 is 15.8 Å². The Morgan fingerprint density at radius 3 is 2.39 bits per heavy atom. The molecule has 1 atom stereocenters. The van der Waals surface area contributed by atoms with Crippen molar-refractivity contribution in [2.24, 2.45) is 23.0 Å². The van der Waals surface area contributed by atoms with Gasteiger partial charge in [-0.25, -0.2) is 0 Å². The number of carbonyl (C=O) groups excluding carboxylic acids is 1. The van der Waals surface area contributed by atoms with E-state index >= 15 is 0 Å². The van der Waals surface area contributed by atoms with Gasteiger partial charge in [0.1, 0.15) is 0 Å². The second-order valence-electron chi connectivity index (χ2n) is 5.75. The second-order valence-corrected chi connectivity index (χ2v) is 6.22. The molecule has 0 aromatic rings. The van der Waals surface area contributed by atoms with Crippen LogP contribution in [-0.2, 0) is 9.53 Å². The Morgan fingerprint density at radius 1 is 1.44 bits per heavy atom. The molecule has 0 saturated heterocycles. The van der Waals surface area contributed by atoms with Crippen LogP contribution < -0.4 is 11.1 Å². The van der Waals surface area contributed by atoms with Gasteiger partial charge in [0.25, 0.3) is 0 Å². The molecule has 106 valence electrons. The molecule has 0 aliphatic rings. The van der Waals surface area contributed by atoms with E-state index in [1.165, 1.54) is 0 Å². The summed E-state index contributed by atoms with van der Waals surface area (Å²) >= 11 is 4.94. The quantitative estimate of drug-likeness (QED) is 0.662. The molecular weight excluding hydrogens is 248 g/mol. The SMILES string of the molecule is COCCC(C)(C)CNC(=O)C(C(N)=S)C(C)C. The third-order valence-electron chi connectivity index (χ3n) is 2.98. The van der Waals surface area contributed by atoms with E-state index in [0.29, 0.717) is 13.2 Å². The summed E-state index contributed by atoms with van der Waals surface area (Å²) in [5.41, 5.74) is 5.61. The van der Waals surface area contributed by atoms with Crippen molar-refractivity contribution in [2.45, 2.75) is 34.1 Å². The van der Waals surface area contributed by atoms with Crippen molar-refractivity contribution in [1.29, 1.82) is 0 Å². The first-order valence-corrected chi connectivity index (χ1v) is 6.68. The zero-order valence-electron chi connectivity index (χ0n) is 12.1. The summed E-state index contributed by atoms with van der Waals surface area (Å²) in [5, 5.41) is 2.93. The summed E-state index contributed by atoms with van der Waals surface area (Å²) in [4.78, 5) is 12.3. The van der Waals surface area contributed by atoms with E-state index in [4.69, 9.17) is 22.7 Å². The molecule has 4 nitrogen and oxygen atoms in total. The summed E-state index contributed by atoms with van der Waals surface area (Å²) in [6.45, 7) is 9.36. The van der Waals surface area contributed by atoms with Gasteiger partial charge in [-0.15, -0.1) is 0 Å². The first-order valence-electron chi connectivity index (χ1n) is 6.27. The minimum absolute atomic E-state index is 0.00339. The second kappa shape index (κ2) is 7.69. The highest BCUT2D eigenvalue weighted by molar-refractivity contribution is 7.80. The summed E-state index contributed by atoms with van der Waals surface area (Å²) in [5.74, 6) is -0.356. The summed E-state index contributed by atoms with van der Waals surface area (Å²) in [6, 6.07) is 0. The molecule has 0 rings (SSSR count). The number of hydrogen-bond donors (Lipinski definition) is 2. The van der Waals surface area contributed by atoms with Crippen molar-refractivity contribution in [1.82, 2.24) is 5.32 Å². The first-order chi connectivity index (χ1) is 8.21. The number of thiocarbonyl (C=S) groups is 1. The molecule has 0 saturated carbocycles. The van der Waals surface area contributed by atoms with Gasteiger partial charge in [0.05, 0.1) is 10.9 Å². The molecule has 0 aliphatic heterocycles. The monoisotopic (exact) mass is 274 g/mol. The summed E-state index contributed by atoms with van der Waals surface area (Å²) in [7, 11) is 1.68. The number of nitrogens with two attached hydrogens (primary N) is 1. The largest absolute Gasteiger partial charge is 0.393 e. The summed E-state index contributed by atoms with van der Waals surface area (Å²) in [6.07, 6.45) is 0.892. The smallest absolute Gasteiger partial charge is 0.230 e. The number of amides is 1. The number of nitrogens with one attached hydrogen (secondary N) is 1. The Kier molecular flexibility index (Phi) is 7.40. The third-order valence-corrected chi connectivity index (χ3v) is 3.23. The van der Waals surface area contributed by atoms with Gasteiger partial charge in [-0.05, 0) is 17.8 Å². The zero-order valence-corrected chi connectivity index (χ0v) is 12.9. The average Bonchev–Trinajstić information content (AvgIpc) is 2.23. The van der Waals surface area contributed by atoms with Gasteiger partial charge in [-0.2, -0.15) is 0 Å². The van der Waals surface area contributed by atoms with Crippen LogP contribution in [0.4, 0.5) is 0 Å². The minimum atomic E-state index is -0.391. The topological polar surface area (TPSA) is 64.3 Å². The van der Waals surface area contributed by atoms with Crippen LogP contribution in [0, 0.1) is 17.3 Å². The molecular formula is C13H26N2O2S. The molecule has 0 spiro atoms. The summed E-state index contributed by atoms with van der Waals surface area (Å²) < 4.78 is 5.05. The van der Waals surface area contributed by atoms with E-state index in [9.17, 15) is 4.79 Å². The number of methoxy groups -OCH3 is 1. The van der Waals surface area contributed by atoms with E-state index in [-0.39, 0.29) is 22.2 Å². The van der Waals surface area contributed by atoms with E-state index in [1.807, 2.05) is 13.8 Å². The molecule has 0 aromatic carbocycles. The van der Waals surface area contributed by atoms with E-state index in [1.54, 1.807) is 7.11 Å². The highest BCUT2D eigenvalue weighted by atomic mass is 32.1. The predicted octanol–water partition coefficient (Wildman–Crippen LogP) is 1.72. The van der Waals surface area contributed by atoms with Crippen LogP contribution in [0.25, 0.3) is 0 Å². The van der Waals surface area contributed by atoms with Gasteiger partial charge in [-0.1, -0.05) is 39.9 Å². The van der Waals surface area contributed by atoms with Gasteiger partial charge in [-0.3, -0.25) is 4.79 Å². The molecule has 0 bridgehead atoms. The minimum Gasteiger partial charge on any atom is -0.393 e. The Morgan fingerprint density at radius 2 is 2.00 bits per heavy atom. The molecule has 5 heteroatoms. The Bertz CT molecular complexity index is 291. The molecule has 1 amide bonds. The van der Waals surface area contributed by atoms with Crippen LogP contribution in [0.15, 0.2) is 0 Å². The number of carbonyl (C=O) groups is 1. The Hall–Kier alpha value is -0.680. The van der Waals surface area contributed by atoms with Gasteiger partial charge in [0.15, 0.2) is 0 Å². The highest BCUT2D eigenvalue weighted by Crippen LogP contribution is 2.19. The molecule has 0 aromatic heterocycles. The normalized spacial score (nSPS) is 13.4. The van der Waals surface area contributed by atoms with Crippen LogP contribution in [-0.4, -0.2) is 31.2 Å². The fraction of sp³-hybridized carbons (Fsp3) is 0.846. The maximum atomic E-state index is 12.0. The fourth-order valence-electron chi connectivity index (χ4n) is 1.66. The van der Waals surface area contributed by atoms with Crippen molar-refractivity contribution in [2.75, 3.05) is 20.3 Å². The third kappa shape index (κ3) is 6.31. The van der Waals surface area contributed by atoms with Crippen molar-refractivity contribution in [3.63, 3.8) is 0 Å². The van der Waals surface area contributed by atoms with E-state index in [0.717, 1.165) is 6.42 Å². The molecule has 18 heavy (non-hydrogen) atoms. The zero-order chi connectivity index (χ0) is 14.3. The number of rotatable bonds is 8. The van der Waals surface area contributed by atoms with Crippen LogP contribution in [0.1, 0.15) is 34.1 Å². The van der Waals surface area contributed by atoms with Crippen LogP contribution >= 0.6 is 12.2 Å². The van der Waals surface area contributed by atoms with Crippen molar-refractivity contribution in [3.05, 3.63) is 0 Å². The standard InChI is InChI=1S/C13H26N2O2S/c1-9(2)10(11(14)18)12(16)15-8-13(3,4)6-7-17-5/h9-10H,6-8H2,1-5H3,(H2,14,18)(H,15,16). The number of ether oxygens (including phenoxy) is 1. The lowest BCUT2D eigenvalue weighted by molar-refractivity contribution is -0.124. The lowest BCUT2D eigenvalue weighted by Crippen LogP contribution is -2.44. The van der Waals surface area contributed by atoms with Crippen molar-refractivity contribution >= 4 is 23.1 Å². The molecule has 3 N–H and O–H groups in total. The Labute approximate surface area is 116 Å². The molecule has 1 unspecified atom stereocenters. The van der Waals surface area contributed by atoms with Crippen LogP contribution in [0.5, 0.6) is 0 Å². The lowest BCUT2D eigenvalue weighted by Gasteiger charge is -2.26. The maximum Gasteiger partial charge on any atom is 0.230 e. The molecule has 0 fully saturated rings. The van der Waals surface area contributed by atoms with E-state index in [2.05, 4.69) is 19.2 Å². The average molecular weight is 274 g/mol. The van der Waals surface area contributed by atoms with Gasteiger partial charge in [0.2, 0.25) is 5.91 Å². The fourth-order valence-corrected chi connectivity index (χ4v) is 2.04.